The maximum Gasteiger partial charge on any atom is 3.00 e. The Hall–Kier alpha value is -2.16. The molecule has 0 atom stereocenters. The van der Waals surface area contributed by atoms with Crippen LogP contribution in [0.4, 0.5) is 0 Å². The van der Waals surface area contributed by atoms with Crippen molar-refractivity contribution in [3.63, 3.8) is 0 Å². The molecule has 0 N–H and O–H groups in total. The van der Waals surface area contributed by atoms with E-state index in [1.165, 1.54) is 38.5 Å². The van der Waals surface area contributed by atoms with Crippen LogP contribution in [0.25, 0.3) is 45.1 Å². The van der Waals surface area contributed by atoms with Gasteiger partial charge in [-0.3, -0.25) is 9.80 Å². The summed E-state index contributed by atoms with van der Waals surface area (Å²) >= 11 is 0. The molecule has 2 fully saturated rings. The molecular weight excluding hydrogens is 633 g/mol. The minimum absolute atomic E-state index is 0. The van der Waals surface area contributed by atoms with Crippen molar-refractivity contribution in [3.8, 4) is 23.0 Å². The smallest absolute Gasteiger partial charge is 1.00 e. The quantitative estimate of drug-likeness (QED) is 0.181. The Balaban J connectivity index is 0.00000121. The molecule has 0 spiro atoms. The average Bonchev–Trinajstić information content (AvgIpc) is 3.53. The van der Waals surface area contributed by atoms with E-state index < -0.39 is 0 Å². The van der Waals surface area contributed by atoms with Crippen molar-refractivity contribution in [2.75, 3.05) is 26.2 Å². The molecule has 223 valence electrons. The number of nitrogens with zero attached hydrogens (tertiary/aromatic N) is 7. The number of aromatic nitrogens is 5. The van der Waals surface area contributed by atoms with E-state index in [0.717, 1.165) is 84.6 Å². The summed E-state index contributed by atoms with van der Waals surface area (Å²) in [6.07, 6.45) is 7.73. The topological polar surface area (TPSA) is 55.0 Å². The Bertz CT molecular complexity index is 1460. The fraction of sp³-hybridized carbons (Fsp3) is 0.387. The number of benzene rings is 2. The molecule has 0 bridgehead atoms. The van der Waals surface area contributed by atoms with Crippen molar-refractivity contribution in [1.29, 1.82) is 0 Å². The molecule has 7 rings (SSSR count). The molecule has 2 aliphatic rings. The van der Waals surface area contributed by atoms with Gasteiger partial charge in [0.1, 0.15) is 11.4 Å². The van der Waals surface area contributed by atoms with E-state index in [1.807, 2.05) is 0 Å². The van der Waals surface area contributed by atoms with E-state index in [9.17, 15) is 0 Å². The van der Waals surface area contributed by atoms with Gasteiger partial charge in [-0.25, -0.2) is 15.0 Å². The minimum atomic E-state index is 0. The number of piperidine rings is 2. The second-order valence-electron chi connectivity index (χ2n) is 10.8. The third-order valence-electron chi connectivity index (χ3n) is 8.10. The predicted molar refractivity (Wildman–Crippen MR) is 153 cm³/mol. The molecule has 0 saturated carbocycles. The van der Waals surface area contributed by atoms with E-state index in [2.05, 4.69) is 85.7 Å². The largest absolute Gasteiger partial charge is 3.00 e. The monoisotopic (exact) mass is 666 g/mol. The van der Waals surface area contributed by atoms with E-state index in [-0.39, 0.29) is 54.3 Å². The van der Waals surface area contributed by atoms with Crippen LogP contribution < -0.4 is 37.2 Å². The summed E-state index contributed by atoms with van der Waals surface area (Å²) in [7, 11) is 0. The number of likely N-dealkylation sites (tertiary alicyclic amines) is 2. The van der Waals surface area contributed by atoms with E-state index in [4.69, 9.17) is 15.0 Å². The molecule has 2 aromatic carbocycles. The van der Waals surface area contributed by atoms with Crippen molar-refractivity contribution in [3.05, 3.63) is 66.7 Å². The fourth-order valence-electron chi connectivity index (χ4n) is 6.11. The van der Waals surface area contributed by atoms with Gasteiger partial charge in [0.25, 0.3) is 0 Å². The third-order valence-corrected chi connectivity index (χ3v) is 8.10. The first-order valence-corrected chi connectivity index (χ1v) is 14.2. The number of pyridine rings is 1. The number of fused-ring (bicyclic) bond motifs is 2. The van der Waals surface area contributed by atoms with E-state index >= 15 is 0 Å². The normalized spacial score (nSPS) is 15.8. The van der Waals surface area contributed by atoms with E-state index in [1.54, 1.807) is 0 Å². The second kappa shape index (κ2) is 15.5. The summed E-state index contributed by atoms with van der Waals surface area (Å²) in [5.74, 6) is 1.86. The molecule has 2 saturated heterocycles. The van der Waals surface area contributed by atoms with Crippen LogP contribution in [0.5, 0.6) is 0 Å². The Morgan fingerprint density at radius 3 is 1.31 bits per heavy atom. The van der Waals surface area contributed by atoms with Crippen LogP contribution in [0.15, 0.2) is 66.7 Å². The SMILES string of the molecule is [Cl-].[Cl-].[Cl-].[Fe+3].c1cc(-c2nc3ccccc3n2CN2CCCCC2)nc(-c2nc3ccccc3n2CN2CCCCC2)c1. The number of imidazole rings is 2. The zero-order valence-corrected chi connectivity index (χ0v) is 26.8. The summed E-state index contributed by atoms with van der Waals surface area (Å²) < 4.78 is 4.70. The van der Waals surface area contributed by atoms with Gasteiger partial charge >= 0.3 is 17.1 Å². The molecule has 42 heavy (non-hydrogen) atoms. The van der Waals surface area contributed by atoms with Crippen LogP contribution in [0, 0.1) is 0 Å². The van der Waals surface area contributed by atoms with Gasteiger partial charge < -0.3 is 46.4 Å². The number of rotatable bonds is 6. The van der Waals surface area contributed by atoms with Crippen molar-refractivity contribution in [2.45, 2.75) is 51.9 Å². The number of hydrogen-bond donors (Lipinski definition) is 0. The average molecular weight is 668 g/mol. The molecule has 5 heterocycles. The van der Waals surface area contributed by atoms with Crippen LogP contribution >= 0.6 is 0 Å². The van der Waals surface area contributed by atoms with Crippen molar-refractivity contribution in [2.24, 2.45) is 0 Å². The Kier molecular flexibility index (Phi) is 12.7. The molecule has 0 unspecified atom stereocenters. The van der Waals surface area contributed by atoms with Crippen LogP contribution in [-0.2, 0) is 30.4 Å². The van der Waals surface area contributed by atoms with Gasteiger partial charge in [0.15, 0.2) is 11.6 Å². The van der Waals surface area contributed by atoms with Crippen molar-refractivity contribution in [1.82, 2.24) is 33.9 Å². The first-order valence-electron chi connectivity index (χ1n) is 14.2. The summed E-state index contributed by atoms with van der Waals surface area (Å²) in [5.41, 5.74) is 6.16. The van der Waals surface area contributed by atoms with Crippen LogP contribution in [-0.4, -0.2) is 60.1 Å². The van der Waals surface area contributed by atoms with Gasteiger partial charge in [-0.05, 0) is 88.3 Å². The van der Waals surface area contributed by atoms with Gasteiger partial charge in [-0.15, -0.1) is 0 Å². The molecule has 11 heteroatoms. The summed E-state index contributed by atoms with van der Waals surface area (Å²) in [6, 6.07) is 23.2. The Morgan fingerprint density at radius 1 is 0.476 bits per heavy atom. The molecular formula is C31H35Cl3FeN7. The maximum absolute atomic E-state index is 5.21. The third kappa shape index (κ3) is 6.97. The predicted octanol–water partition coefficient (Wildman–Crippen LogP) is -2.99. The fourth-order valence-corrected chi connectivity index (χ4v) is 6.11. The molecule has 7 nitrogen and oxygen atoms in total. The van der Waals surface area contributed by atoms with Gasteiger partial charge in [0.2, 0.25) is 0 Å². The number of hydrogen-bond acceptors (Lipinski definition) is 5. The van der Waals surface area contributed by atoms with Crippen LogP contribution in [0.3, 0.4) is 0 Å². The Labute approximate surface area is 276 Å². The van der Waals surface area contributed by atoms with Gasteiger partial charge in [-0.2, -0.15) is 0 Å². The van der Waals surface area contributed by atoms with Crippen molar-refractivity contribution >= 4 is 22.1 Å². The summed E-state index contributed by atoms with van der Waals surface area (Å²) in [6.45, 7) is 6.24. The molecule has 5 aromatic rings. The standard InChI is InChI=1S/C31H35N7.3ClH.Fe/c1-7-18-35(19-8-1)22-37-28-16-5-3-12-24(28)33-30(37)26-14-11-15-27(32-26)31-34-25-13-4-6-17-29(25)38(31)23-36-20-9-2-10-21-36;;;;/h3-6,11-17H,1-2,7-10,18-23H2;3*1H;/q;;;;+3/p-3. The number of para-hydroxylation sites is 4. The summed E-state index contributed by atoms with van der Waals surface area (Å²) in [5, 5.41) is 0. The van der Waals surface area contributed by atoms with E-state index in [0.29, 0.717) is 0 Å². The zero-order chi connectivity index (χ0) is 25.3. The van der Waals surface area contributed by atoms with Crippen LogP contribution in [0.2, 0.25) is 0 Å². The van der Waals surface area contributed by atoms with Gasteiger partial charge in [0.05, 0.1) is 35.4 Å². The van der Waals surface area contributed by atoms with Crippen molar-refractivity contribution < 1.29 is 54.3 Å². The molecule has 2 aliphatic heterocycles. The molecule has 0 amide bonds. The zero-order valence-electron chi connectivity index (χ0n) is 23.5. The molecule has 0 aliphatic carbocycles. The molecule has 3 aromatic heterocycles. The Morgan fingerprint density at radius 2 is 0.881 bits per heavy atom. The van der Waals surface area contributed by atoms with Gasteiger partial charge in [-0.1, -0.05) is 43.2 Å². The maximum atomic E-state index is 5.21. The number of halogens is 3. The molecule has 1 radical (unpaired) electrons. The minimum Gasteiger partial charge on any atom is -1.00 e. The summed E-state index contributed by atoms with van der Waals surface area (Å²) in [4.78, 5) is 20.5. The van der Waals surface area contributed by atoms with Crippen LogP contribution in [0.1, 0.15) is 38.5 Å². The first kappa shape index (κ1) is 34.3. The van der Waals surface area contributed by atoms with Gasteiger partial charge in [0, 0.05) is 0 Å². The first-order chi connectivity index (χ1) is 18.8. The second-order valence-corrected chi connectivity index (χ2v) is 10.8.